The molecule has 0 bridgehead atoms. The number of ether oxygens (including phenoxy) is 1. The Kier molecular flexibility index (Phi) is 67.8. The molecule has 10 heteroatoms. The third kappa shape index (κ3) is 15.6. The van der Waals surface area contributed by atoms with E-state index in [1.165, 1.54) is 0 Å². The number of hydrogen-bond donors (Lipinski definition) is 1. The predicted molar refractivity (Wildman–Crippen MR) is 56.5 cm³/mol. The summed E-state index contributed by atoms with van der Waals surface area (Å²) in [5, 5.41) is 8.41. The van der Waals surface area contributed by atoms with Gasteiger partial charge < -0.3 is 48.2 Å². The van der Waals surface area contributed by atoms with E-state index in [1.54, 1.807) is 0 Å². The molecule has 1 atom stereocenters. The van der Waals surface area contributed by atoms with Crippen LogP contribution in [0.2, 0.25) is 0 Å². The van der Waals surface area contributed by atoms with Gasteiger partial charge in [0.25, 0.3) is 0 Å². The van der Waals surface area contributed by atoms with Gasteiger partial charge in [-0.15, -0.1) is 0 Å². The average Bonchev–Trinajstić information content (AvgIpc) is 1.90. The topological polar surface area (TPSA) is 267 Å². The van der Waals surface area contributed by atoms with Gasteiger partial charge in [-0.3, -0.25) is 0 Å². The van der Waals surface area contributed by atoms with Gasteiger partial charge in [-0.25, -0.2) is 4.79 Å². The van der Waals surface area contributed by atoms with E-state index in [4.69, 9.17) is 9.84 Å². The molecule has 1 aliphatic heterocycles. The van der Waals surface area contributed by atoms with Crippen LogP contribution in [0, 0.1) is 0 Å². The first-order valence-electron chi connectivity index (χ1n) is 3.15. The molecule has 16 heavy (non-hydrogen) atoms. The highest BCUT2D eigenvalue weighted by Crippen LogP contribution is 2.11. The highest BCUT2D eigenvalue weighted by molar-refractivity contribution is 5.72. The summed E-state index contributed by atoms with van der Waals surface area (Å²) in [4.78, 5) is 10.2. The Morgan fingerprint density at radius 2 is 1.38 bits per heavy atom. The minimum Gasteiger partial charge on any atom is -0.479 e. The Balaban J connectivity index is -0.0000000231. The van der Waals surface area contributed by atoms with Gasteiger partial charge in [0, 0.05) is 6.61 Å². The molecule has 0 amide bonds. The Morgan fingerprint density at radius 1 is 0.938 bits per heavy atom. The minimum absolute atomic E-state index is 0. The van der Waals surface area contributed by atoms with E-state index < -0.39 is 12.1 Å². The van der Waals surface area contributed by atoms with Crippen molar-refractivity contribution in [1.82, 2.24) is 0 Å². The van der Waals surface area contributed by atoms with Crippen molar-refractivity contribution in [3.8, 4) is 0 Å². The van der Waals surface area contributed by atoms with Crippen LogP contribution in [-0.4, -0.2) is 62.1 Å². The largest absolute Gasteiger partial charge is 0.479 e. The van der Waals surface area contributed by atoms with Crippen LogP contribution in [0.5, 0.6) is 0 Å². The third-order valence-corrected chi connectivity index (χ3v) is 1.46. The summed E-state index contributed by atoms with van der Waals surface area (Å²) < 4.78 is 4.94. The number of rotatable bonds is 1. The molecule has 1 rings (SSSR count). The molecular formula is C6H24O10. The molecule has 1 saturated heterocycles. The van der Waals surface area contributed by atoms with E-state index in [9.17, 15) is 4.79 Å². The van der Waals surface area contributed by atoms with Gasteiger partial charge in [0.15, 0.2) is 6.10 Å². The first kappa shape index (κ1) is 45.7. The van der Waals surface area contributed by atoms with Crippen molar-refractivity contribution in [2.24, 2.45) is 0 Å². The van der Waals surface area contributed by atoms with E-state index in [1.807, 2.05) is 0 Å². The van der Waals surface area contributed by atoms with E-state index >= 15 is 0 Å². The molecule has 10 nitrogen and oxygen atoms in total. The van der Waals surface area contributed by atoms with E-state index in [0.29, 0.717) is 13.0 Å². The second kappa shape index (κ2) is 23.8. The van der Waals surface area contributed by atoms with Crippen LogP contribution in [-0.2, 0) is 9.53 Å². The highest BCUT2D eigenvalue weighted by Gasteiger charge is 2.20. The molecule has 0 aliphatic carbocycles. The lowest BCUT2D eigenvalue weighted by Gasteiger charge is -2.17. The van der Waals surface area contributed by atoms with Crippen molar-refractivity contribution in [2.45, 2.75) is 25.4 Å². The molecule has 0 aromatic rings. The van der Waals surface area contributed by atoms with Gasteiger partial charge in [-0.1, -0.05) is 0 Å². The minimum atomic E-state index is -0.824. The Morgan fingerprint density at radius 3 is 1.56 bits per heavy atom. The number of hydrogen-bond acceptors (Lipinski definition) is 2. The SMILES string of the molecule is O.O.O.O.O.O.O.O=C(O)C1CCCCO1. The molecule has 15 N–H and O–H groups in total. The number of aliphatic carboxylic acids is 1. The Labute approximate surface area is 92.0 Å². The quantitative estimate of drug-likeness (QED) is 0.482. The fourth-order valence-electron chi connectivity index (χ4n) is 0.935. The molecule has 108 valence electrons. The molecule has 0 aromatic heterocycles. The molecule has 1 unspecified atom stereocenters. The second-order valence-electron chi connectivity index (χ2n) is 2.19. The first-order chi connectivity index (χ1) is 4.30. The number of carboxylic acid groups (broad SMARTS) is 1. The van der Waals surface area contributed by atoms with Gasteiger partial charge in [0.1, 0.15) is 0 Å². The molecule has 1 fully saturated rings. The zero-order valence-electron chi connectivity index (χ0n) is 8.67. The summed E-state index contributed by atoms with van der Waals surface area (Å²) in [6.07, 6.45) is 2.13. The van der Waals surface area contributed by atoms with Crippen LogP contribution >= 0.6 is 0 Å². The van der Waals surface area contributed by atoms with Gasteiger partial charge in [0.05, 0.1) is 0 Å². The zero-order valence-corrected chi connectivity index (χ0v) is 8.67. The monoisotopic (exact) mass is 256 g/mol. The normalized spacial score (nSPS) is 15.6. The summed E-state index contributed by atoms with van der Waals surface area (Å²) >= 11 is 0. The van der Waals surface area contributed by atoms with Crippen LogP contribution < -0.4 is 0 Å². The summed E-state index contributed by atoms with van der Waals surface area (Å²) in [5.41, 5.74) is 0. The van der Waals surface area contributed by atoms with Crippen LogP contribution in [0.15, 0.2) is 0 Å². The lowest BCUT2D eigenvalue weighted by atomic mass is 10.1. The smallest absolute Gasteiger partial charge is 0.332 e. The summed E-state index contributed by atoms with van der Waals surface area (Å²) in [6.45, 7) is 0.608. The Hall–Kier alpha value is -0.850. The van der Waals surface area contributed by atoms with E-state index in [2.05, 4.69) is 0 Å². The zero-order chi connectivity index (χ0) is 6.69. The number of carboxylic acids is 1. The number of carbonyl (C=O) groups is 1. The average molecular weight is 256 g/mol. The maximum Gasteiger partial charge on any atom is 0.332 e. The Bertz CT molecular complexity index is 112. The standard InChI is InChI=1S/C6H10O3.7H2O/c7-6(8)5-3-1-2-4-9-5;;;;;;;/h5H,1-4H2,(H,7,8);7*1H2. The molecule has 0 spiro atoms. The molecule has 1 heterocycles. The first-order valence-corrected chi connectivity index (χ1v) is 3.15. The maximum absolute atomic E-state index is 10.2. The maximum atomic E-state index is 10.2. The van der Waals surface area contributed by atoms with Crippen molar-refractivity contribution in [1.29, 1.82) is 0 Å². The molecular weight excluding hydrogens is 232 g/mol. The van der Waals surface area contributed by atoms with Gasteiger partial charge in [-0.05, 0) is 19.3 Å². The summed E-state index contributed by atoms with van der Waals surface area (Å²) in [6, 6.07) is 0. The molecule has 0 aromatic carbocycles. The van der Waals surface area contributed by atoms with E-state index in [0.717, 1.165) is 12.8 Å². The van der Waals surface area contributed by atoms with Crippen LogP contribution in [0.4, 0.5) is 0 Å². The van der Waals surface area contributed by atoms with E-state index in [-0.39, 0.29) is 38.3 Å². The van der Waals surface area contributed by atoms with Crippen LogP contribution in [0.1, 0.15) is 19.3 Å². The van der Waals surface area contributed by atoms with Crippen LogP contribution in [0.25, 0.3) is 0 Å². The van der Waals surface area contributed by atoms with Gasteiger partial charge >= 0.3 is 5.97 Å². The summed E-state index contributed by atoms with van der Waals surface area (Å²) in [7, 11) is 0. The van der Waals surface area contributed by atoms with Gasteiger partial charge in [-0.2, -0.15) is 0 Å². The van der Waals surface area contributed by atoms with Crippen molar-refractivity contribution in [3.05, 3.63) is 0 Å². The summed E-state index contributed by atoms with van der Waals surface area (Å²) in [5.74, 6) is -0.824. The fraction of sp³-hybridized carbons (Fsp3) is 0.833. The highest BCUT2D eigenvalue weighted by atomic mass is 16.5. The predicted octanol–water partition coefficient (Wildman–Crippen LogP) is -5.13. The molecule has 1 aliphatic rings. The van der Waals surface area contributed by atoms with Gasteiger partial charge in [0.2, 0.25) is 0 Å². The van der Waals surface area contributed by atoms with Crippen molar-refractivity contribution in [3.63, 3.8) is 0 Å². The lowest BCUT2D eigenvalue weighted by molar-refractivity contribution is -0.153. The molecule has 0 saturated carbocycles. The van der Waals surface area contributed by atoms with Crippen molar-refractivity contribution in [2.75, 3.05) is 6.61 Å². The third-order valence-electron chi connectivity index (χ3n) is 1.46. The lowest BCUT2D eigenvalue weighted by Crippen LogP contribution is -2.27. The fourth-order valence-corrected chi connectivity index (χ4v) is 0.935. The van der Waals surface area contributed by atoms with Crippen molar-refractivity contribution >= 4 is 5.97 Å². The second-order valence-corrected chi connectivity index (χ2v) is 2.19. The molecule has 0 radical (unpaired) electrons. The van der Waals surface area contributed by atoms with Crippen molar-refractivity contribution < 1.29 is 53.0 Å². The van der Waals surface area contributed by atoms with Crippen LogP contribution in [0.3, 0.4) is 0 Å².